The first-order chi connectivity index (χ1) is 8.29. The minimum absolute atomic E-state index is 0.221. The molecular weight excluding hydrogens is 212 g/mol. The van der Waals surface area contributed by atoms with Crippen LogP contribution in [0.15, 0.2) is 0 Å². The molecule has 0 spiro atoms. The Morgan fingerprint density at radius 2 is 1.47 bits per heavy atom. The molecule has 0 aromatic rings. The van der Waals surface area contributed by atoms with E-state index in [1.807, 2.05) is 4.90 Å². The average Bonchev–Trinajstić information content (AvgIpc) is 2.67. The summed E-state index contributed by atoms with van der Waals surface area (Å²) in [7, 11) is 0. The quantitative estimate of drug-likeness (QED) is 0.802. The fourth-order valence-corrected chi connectivity index (χ4v) is 3.20. The van der Waals surface area contributed by atoms with E-state index in [1.165, 1.54) is 32.1 Å². The van der Waals surface area contributed by atoms with Crippen LogP contribution in [0.25, 0.3) is 0 Å². The maximum absolute atomic E-state index is 12.4. The smallest absolute Gasteiger partial charge is 0.239 e. The van der Waals surface area contributed by atoms with Crippen LogP contribution < -0.4 is 5.73 Å². The van der Waals surface area contributed by atoms with Crippen LogP contribution in [-0.4, -0.2) is 29.9 Å². The molecule has 98 valence electrons. The molecule has 3 heteroatoms. The van der Waals surface area contributed by atoms with Gasteiger partial charge in [0.05, 0.1) is 6.04 Å². The van der Waals surface area contributed by atoms with E-state index >= 15 is 0 Å². The number of carbonyl (C=O) groups is 1. The van der Waals surface area contributed by atoms with Crippen molar-refractivity contribution in [2.24, 2.45) is 11.7 Å². The van der Waals surface area contributed by atoms with Crippen molar-refractivity contribution in [2.75, 3.05) is 13.1 Å². The first kappa shape index (κ1) is 12.9. The summed E-state index contributed by atoms with van der Waals surface area (Å²) < 4.78 is 0. The SMILES string of the molecule is NC(C(=O)N1CCCCCC1)C1CCCCC1. The summed E-state index contributed by atoms with van der Waals surface area (Å²) in [5.74, 6) is 0.665. The standard InChI is InChI=1S/C14H26N2O/c15-13(12-8-4-3-5-9-12)14(17)16-10-6-1-2-7-11-16/h12-13H,1-11,15H2. The van der Waals surface area contributed by atoms with Gasteiger partial charge in [0, 0.05) is 13.1 Å². The zero-order valence-corrected chi connectivity index (χ0v) is 10.9. The molecule has 2 rings (SSSR count). The van der Waals surface area contributed by atoms with Crippen LogP contribution in [0.2, 0.25) is 0 Å². The van der Waals surface area contributed by atoms with E-state index in [-0.39, 0.29) is 11.9 Å². The summed E-state index contributed by atoms with van der Waals surface area (Å²) in [6, 6.07) is -0.228. The zero-order chi connectivity index (χ0) is 12.1. The first-order valence-electron chi connectivity index (χ1n) is 7.33. The van der Waals surface area contributed by atoms with E-state index in [4.69, 9.17) is 5.73 Å². The van der Waals surface area contributed by atoms with Crippen LogP contribution in [-0.2, 0) is 4.79 Å². The van der Waals surface area contributed by atoms with Gasteiger partial charge in [-0.2, -0.15) is 0 Å². The Morgan fingerprint density at radius 3 is 2.06 bits per heavy atom. The normalized spacial score (nSPS) is 25.4. The van der Waals surface area contributed by atoms with E-state index in [1.54, 1.807) is 0 Å². The van der Waals surface area contributed by atoms with Gasteiger partial charge in [-0.3, -0.25) is 4.79 Å². The van der Waals surface area contributed by atoms with Gasteiger partial charge in [0.2, 0.25) is 5.91 Å². The van der Waals surface area contributed by atoms with Crippen LogP contribution in [0.5, 0.6) is 0 Å². The summed E-state index contributed by atoms with van der Waals surface area (Å²) in [6.07, 6.45) is 11.0. The molecule has 2 fully saturated rings. The second-order valence-electron chi connectivity index (χ2n) is 5.66. The Balaban J connectivity index is 1.88. The van der Waals surface area contributed by atoms with Gasteiger partial charge in [-0.25, -0.2) is 0 Å². The summed E-state index contributed by atoms with van der Waals surface area (Å²) >= 11 is 0. The number of carbonyl (C=O) groups excluding carboxylic acids is 1. The lowest BCUT2D eigenvalue weighted by Gasteiger charge is -2.31. The Hall–Kier alpha value is -0.570. The maximum Gasteiger partial charge on any atom is 0.239 e. The van der Waals surface area contributed by atoms with E-state index in [9.17, 15) is 4.79 Å². The highest BCUT2D eigenvalue weighted by atomic mass is 16.2. The molecule has 17 heavy (non-hydrogen) atoms. The lowest BCUT2D eigenvalue weighted by molar-refractivity contribution is -0.134. The number of amides is 1. The predicted octanol–water partition coefficient (Wildman–Crippen LogP) is 2.30. The van der Waals surface area contributed by atoms with Gasteiger partial charge in [-0.1, -0.05) is 32.1 Å². The number of nitrogens with zero attached hydrogens (tertiary/aromatic N) is 1. The van der Waals surface area contributed by atoms with Gasteiger partial charge in [0.1, 0.15) is 0 Å². The highest BCUT2D eigenvalue weighted by Crippen LogP contribution is 2.26. The van der Waals surface area contributed by atoms with Gasteiger partial charge in [-0.15, -0.1) is 0 Å². The molecule has 1 heterocycles. The molecule has 2 N–H and O–H groups in total. The molecule has 0 aromatic heterocycles. The Labute approximate surface area is 105 Å². The molecule has 3 nitrogen and oxygen atoms in total. The van der Waals surface area contributed by atoms with Crippen molar-refractivity contribution in [3.63, 3.8) is 0 Å². The van der Waals surface area contributed by atoms with Crippen molar-refractivity contribution in [1.29, 1.82) is 0 Å². The van der Waals surface area contributed by atoms with Crippen LogP contribution in [0, 0.1) is 5.92 Å². The number of hydrogen-bond donors (Lipinski definition) is 1. The fourth-order valence-electron chi connectivity index (χ4n) is 3.20. The Morgan fingerprint density at radius 1 is 0.941 bits per heavy atom. The third-order valence-electron chi connectivity index (χ3n) is 4.36. The lowest BCUT2D eigenvalue weighted by Crippen LogP contribution is -2.48. The highest BCUT2D eigenvalue weighted by Gasteiger charge is 2.29. The molecule has 1 unspecified atom stereocenters. The average molecular weight is 238 g/mol. The predicted molar refractivity (Wildman–Crippen MR) is 69.6 cm³/mol. The Kier molecular flexibility index (Phi) is 4.84. The minimum Gasteiger partial charge on any atom is -0.341 e. The van der Waals surface area contributed by atoms with Gasteiger partial charge in [0.25, 0.3) is 0 Å². The topological polar surface area (TPSA) is 46.3 Å². The van der Waals surface area contributed by atoms with Crippen molar-refractivity contribution in [1.82, 2.24) is 4.90 Å². The van der Waals surface area contributed by atoms with E-state index in [2.05, 4.69) is 0 Å². The summed E-state index contributed by atoms with van der Waals surface area (Å²) in [4.78, 5) is 14.4. The van der Waals surface area contributed by atoms with E-state index in [0.29, 0.717) is 5.92 Å². The molecule has 0 radical (unpaired) electrons. The molecular formula is C14H26N2O. The molecule has 1 saturated carbocycles. The molecule has 1 atom stereocenters. The number of hydrogen-bond acceptors (Lipinski definition) is 2. The summed E-state index contributed by atoms with van der Waals surface area (Å²) in [5.41, 5.74) is 6.18. The lowest BCUT2D eigenvalue weighted by atomic mass is 9.84. The molecule has 1 aliphatic carbocycles. The van der Waals surface area contributed by atoms with Gasteiger partial charge in [0.15, 0.2) is 0 Å². The molecule has 0 aromatic carbocycles. The molecule has 1 saturated heterocycles. The summed E-state index contributed by atoms with van der Waals surface area (Å²) in [5, 5.41) is 0. The minimum atomic E-state index is -0.228. The third-order valence-corrected chi connectivity index (χ3v) is 4.36. The molecule has 0 bridgehead atoms. The van der Waals surface area contributed by atoms with E-state index in [0.717, 1.165) is 38.8 Å². The Bertz CT molecular complexity index is 241. The molecule has 2 aliphatic rings. The second-order valence-corrected chi connectivity index (χ2v) is 5.66. The van der Waals surface area contributed by atoms with Gasteiger partial charge in [-0.05, 0) is 31.6 Å². The highest BCUT2D eigenvalue weighted by molar-refractivity contribution is 5.82. The molecule has 1 aliphatic heterocycles. The molecule has 1 amide bonds. The monoisotopic (exact) mass is 238 g/mol. The van der Waals surface area contributed by atoms with Crippen molar-refractivity contribution in [3.05, 3.63) is 0 Å². The van der Waals surface area contributed by atoms with Crippen LogP contribution in [0.4, 0.5) is 0 Å². The van der Waals surface area contributed by atoms with Crippen molar-refractivity contribution >= 4 is 5.91 Å². The van der Waals surface area contributed by atoms with Crippen molar-refractivity contribution < 1.29 is 4.79 Å². The zero-order valence-electron chi connectivity index (χ0n) is 10.9. The number of nitrogens with two attached hydrogens (primary N) is 1. The van der Waals surface area contributed by atoms with Crippen LogP contribution in [0.3, 0.4) is 0 Å². The largest absolute Gasteiger partial charge is 0.341 e. The van der Waals surface area contributed by atoms with Crippen LogP contribution >= 0.6 is 0 Å². The summed E-state index contributed by atoms with van der Waals surface area (Å²) in [6.45, 7) is 1.86. The van der Waals surface area contributed by atoms with Gasteiger partial charge < -0.3 is 10.6 Å². The second kappa shape index (κ2) is 6.39. The van der Waals surface area contributed by atoms with Crippen molar-refractivity contribution in [2.45, 2.75) is 63.8 Å². The fraction of sp³-hybridized carbons (Fsp3) is 0.929. The van der Waals surface area contributed by atoms with Gasteiger partial charge >= 0.3 is 0 Å². The number of rotatable bonds is 2. The first-order valence-corrected chi connectivity index (χ1v) is 7.33. The number of likely N-dealkylation sites (tertiary alicyclic amines) is 1. The third kappa shape index (κ3) is 3.44. The van der Waals surface area contributed by atoms with Crippen LogP contribution in [0.1, 0.15) is 57.8 Å². The van der Waals surface area contributed by atoms with Crippen molar-refractivity contribution in [3.8, 4) is 0 Å². The maximum atomic E-state index is 12.4. The van der Waals surface area contributed by atoms with E-state index < -0.39 is 0 Å².